The molecule has 0 saturated carbocycles. The second kappa shape index (κ2) is 8.79. The van der Waals surface area contributed by atoms with E-state index in [-0.39, 0.29) is 0 Å². The first-order valence-electron chi connectivity index (χ1n) is 12.7. The van der Waals surface area contributed by atoms with Gasteiger partial charge in [0.1, 0.15) is 12.6 Å². The lowest BCUT2D eigenvalue weighted by Gasteiger charge is -2.20. The zero-order valence-electron chi connectivity index (χ0n) is 20.5. The highest BCUT2D eigenvalue weighted by Gasteiger charge is 2.19. The number of rotatable bonds is 4. The monoisotopic (exact) mass is 486 g/mol. The second-order valence-electron chi connectivity index (χ2n) is 9.72. The van der Waals surface area contributed by atoms with Gasteiger partial charge in [0.2, 0.25) is 0 Å². The summed E-state index contributed by atoms with van der Waals surface area (Å²) in [5.41, 5.74) is 5.67. The van der Waals surface area contributed by atoms with Gasteiger partial charge in [-0.15, -0.1) is 0 Å². The van der Waals surface area contributed by atoms with E-state index >= 15 is 0 Å². The molecule has 38 heavy (non-hydrogen) atoms. The molecule has 0 radical (unpaired) electrons. The van der Waals surface area contributed by atoms with E-state index < -0.39 is 0 Å². The summed E-state index contributed by atoms with van der Waals surface area (Å²) in [6, 6.07) is 41.7. The average molecular weight is 487 g/mol. The summed E-state index contributed by atoms with van der Waals surface area (Å²) in [7, 11) is 0. The molecule has 0 aliphatic heterocycles. The van der Waals surface area contributed by atoms with Crippen molar-refractivity contribution in [2.24, 2.45) is 0 Å². The van der Waals surface area contributed by atoms with Crippen LogP contribution in [-0.2, 0) is 0 Å². The number of carbonyl (C=O) groups is 2. The van der Waals surface area contributed by atoms with E-state index in [0.717, 1.165) is 56.4 Å². The first-order valence-corrected chi connectivity index (χ1v) is 12.7. The zero-order chi connectivity index (χ0) is 25.6. The van der Waals surface area contributed by atoms with Gasteiger partial charge in [0.15, 0.2) is 0 Å². The molecule has 0 aliphatic carbocycles. The highest BCUT2D eigenvalue weighted by molar-refractivity contribution is 6.23. The highest BCUT2D eigenvalue weighted by atomic mass is 16.1. The van der Waals surface area contributed by atoms with Crippen LogP contribution in [0.3, 0.4) is 0 Å². The van der Waals surface area contributed by atoms with Crippen LogP contribution < -0.4 is 0 Å². The van der Waals surface area contributed by atoms with Crippen molar-refractivity contribution in [1.82, 2.24) is 0 Å². The smallest absolute Gasteiger partial charge is 0.150 e. The third-order valence-corrected chi connectivity index (χ3v) is 7.51. The molecule has 0 heterocycles. The van der Waals surface area contributed by atoms with Crippen LogP contribution in [0, 0.1) is 0 Å². The maximum absolute atomic E-state index is 11.8. The number of hydrogen-bond donors (Lipinski definition) is 0. The number of fused-ring (bicyclic) bond motifs is 5. The molecule has 7 rings (SSSR count). The van der Waals surface area contributed by atoms with Crippen LogP contribution in [0.5, 0.6) is 0 Å². The highest BCUT2D eigenvalue weighted by Crippen LogP contribution is 2.45. The largest absolute Gasteiger partial charge is 0.298 e. The Balaban J connectivity index is 1.69. The summed E-state index contributed by atoms with van der Waals surface area (Å²) in [6.07, 6.45) is 1.75. The van der Waals surface area contributed by atoms with Gasteiger partial charge in [-0.1, -0.05) is 97.1 Å². The maximum Gasteiger partial charge on any atom is 0.150 e. The van der Waals surface area contributed by atoms with Crippen molar-refractivity contribution in [3.8, 4) is 22.3 Å². The molecule has 0 aliphatic rings. The molecule has 2 heteroatoms. The molecule has 0 atom stereocenters. The van der Waals surface area contributed by atoms with Crippen molar-refractivity contribution in [1.29, 1.82) is 0 Å². The van der Waals surface area contributed by atoms with Crippen molar-refractivity contribution in [3.05, 3.63) is 132 Å². The van der Waals surface area contributed by atoms with Gasteiger partial charge in [-0.2, -0.15) is 0 Å². The first-order chi connectivity index (χ1) is 18.7. The topological polar surface area (TPSA) is 34.1 Å². The molecule has 7 aromatic rings. The van der Waals surface area contributed by atoms with Crippen LogP contribution >= 0.6 is 0 Å². The van der Waals surface area contributed by atoms with Crippen molar-refractivity contribution in [2.75, 3.05) is 0 Å². The molecule has 2 nitrogen and oxygen atoms in total. The minimum atomic E-state index is 0.609. The lowest BCUT2D eigenvalue weighted by Crippen LogP contribution is -1.94. The van der Waals surface area contributed by atoms with Crippen molar-refractivity contribution >= 4 is 55.7 Å². The van der Waals surface area contributed by atoms with Gasteiger partial charge < -0.3 is 0 Å². The van der Waals surface area contributed by atoms with Gasteiger partial charge in [-0.05, 0) is 89.6 Å². The van der Waals surface area contributed by atoms with E-state index in [4.69, 9.17) is 0 Å². The minimum Gasteiger partial charge on any atom is -0.298 e. The van der Waals surface area contributed by atoms with Crippen molar-refractivity contribution in [3.63, 3.8) is 0 Å². The van der Waals surface area contributed by atoms with E-state index in [1.54, 1.807) is 0 Å². The van der Waals surface area contributed by atoms with Gasteiger partial charge >= 0.3 is 0 Å². The average Bonchev–Trinajstić information content (AvgIpc) is 2.99. The third-order valence-electron chi connectivity index (χ3n) is 7.51. The molecule has 0 saturated heterocycles. The molecule has 0 unspecified atom stereocenters. The zero-order valence-corrected chi connectivity index (χ0v) is 20.5. The fourth-order valence-electron chi connectivity index (χ4n) is 5.71. The Morgan fingerprint density at radius 2 is 0.789 bits per heavy atom. The predicted octanol–water partition coefficient (Wildman–Crippen LogP) is 9.26. The SMILES string of the molecule is O=Cc1ccc2c(-c3ccc4ccccc4c3)c(-c3ccc4ccccc4c3)c3ccc(C=O)cc3c2c1. The Kier molecular flexibility index (Phi) is 5.12. The second-order valence-corrected chi connectivity index (χ2v) is 9.72. The van der Waals surface area contributed by atoms with Gasteiger partial charge in [0, 0.05) is 11.1 Å². The third kappa shape index (κ3) is 3.50. The Hall–Kier alpha value is -5.08. The standard InChI is InChI=1S/C36H22O2/c37-21-23-9-15-31-33(17-23)34-18-24(22-38)10-16-32(34)36(30-14-12-26-6-2-4-8-28(26)20-30)35(31)29-13-11-25-5-1-3-7-27(25)19-29/h1-22H. The summed E-state index contributed by atoms with van der Waals surface area (Å²) < 4.78 is 0. The van der Waals surface area contributed by atoms with Crippen molar-refractivity contribution < 1.29 is 9.59 Å². The Labute approximate surface area is 219 Å². The summed E-state index contributed by atoms with van der Waals surface area (Å²) in [4.78, 5) is 23.5. The van der Waals surface area contributed by atoms with Gasteiger partial charge in [0.05, 0.1) is 0 Å². The Bertz CT molecular complexity index is 1920. The van der Waals surface area contributed by atoms with Gasteiger partial charge in [-0.25, -0.2) is 0 Å². The molecule has 178 valence electrons. The number of aldehydes is 2. The van der Waals surface area contributed by atoms with Crippen molar-refractivity contribution in [2.45, 2.75) is 0 Å². The van der Waals surface area contributed by atoms with Crippen LogP contribution in [0.2, 0.25) is 0 Å². The fraction of sp³-hybridized carbons (Fsp3) is 0. The Morgan fingerprint density at radius 3 is 1.21 bits per heavy atom. The quantitative estimate of drug-likeness (QED) is 0.183. The summed E-state index contributed by atoms with van der Waals surface area (Å²) in [5.74, 6) is 0. The molecule has 0 fully saturated rings. The lowest BCUT2D eigenvalue weighted by atomic mass is 9.83. The molecule has 0 aromatic heterocycles. The Morgan fingerprint density at radius 1 is 0.368 bits per heavy atom. The summed E-state index contributed by atoms with van der Waals surface area (Å²) >= 11 is 0. The van der Waals surface area contributed by atoms with Crippen LogP contribution in [0.4, 0.5) is 0 Å². The fourth-order valence-corrected chi connectivity index (χ4v) is 5.71. The molecule has 7 aromatic carbocycles. The van der Waals surface area contributed by atoms with Crippen LogP contribution in [0.25, 0.3) is 65.3 Å². The molecule has 0 spiro atoms. The van der Waals surface area contributed by atoms with E-state index in [1.807, 2.05) is 36.4 Å². The molecular weight excluding hydrogens is 464 g/mol. The van der Waals surface area contributed by atoms with Gasteiger partial charge in [-0.3, -0.25) is 9.59 Å². The van der Waals surface area contributed by atoms with Crippen LogP contribution in [0.1, 0.15) is 20.7 Å². The minimum absolute atomic E-state index is 0.609. The number of benzene rings is 7. The molecule has 0 amide bonds. The molecule has 0 N–H and O–H groups in total. The lowest BCUT2D eigenvalue weighted by molar-refractivity contribution is 0.111. The first kappa shape index (κ1) is 22.1. The van der Waals surface area contributed by atoms with E-state index in [0.29, 0.717) is 11.1 Å². The van der Waals surface area contributed by atoms with E-state index in [2.05, 4.69) is 84.9 Å². The summed E-state index contributed by atoms with van der Waals surface area (Å²) in [6.45, 7) is 0. The van der Waals surface area contributed by atoms with E-state index in [9.17, 15) is 9.59 Å². The van der Waals surface area contributed by atoms with Gasteiger partial charge in [0.25, 0.3) is 0 Å². The number of hydrogen-bond acceptors (Lipinski definition) is 2. The summed E-state index contributed by atoms with van der Waals surface area (Å²) in [5, 5.41) is 8.73. The predicted molar refractivity (Wildman–Crippen MR) is 158 cm³/mol. The number of carbonyl (C=O) groups excluding carboxylic acids is 2. The molecule has 0 bridgehead atoms. The maximum atomic E-state index is 11.8. The molecular formula is C36H22O2. The normalized spacial score (nSPS) is 11.4. The van der Waals surface area contributed by atoms with E-state index in [1.165, 1.54) is 21.5 Å². The van der Waals surface area contributed by atoms with Crippen LogP contribution in [-0.4, -0.2) is 12.6 Å². The van der Waals surface area contributed by atoms with Crippen LogP contribution in [0.15, 0.2) is 121 Å².